The van der Waals surface area contributed by atoms with Gasteiger partial charge in [-0.05, 0) is 25.1 Å². The van der Waals surface area contributed by atoms with Crippen molar-refractivity contribution in [1.29, 1.82) is 0 Å². The number of hydrogen-bond donors (Lipinski definition) is 2. The van der Waals surface area contributed by atoms with Crippen LogP contribution in [0.5, 0.6) is 0 Å². The minimum Gasteiger partial charge on any atom is -0.348 e. The number of halogens is 1. The molecule has 0 radical (unpaired) electrons. The molecular formula is C22H29FN6O2. The zero-order valence-corrected chi connectivity index (χ0v) is 18.2. The Labute approximate surface area is 182 Å². The van der Waals surface area contributed by atoms with E-state index in [1.54, 1.807) is 49.5 Å². The van der Waals surface area contributed by atoms with Crippen LogP contribution >= 0.6 is 0 Å². The van der Waals surface area contributed by atoms with Gasteiger partial charge >= 0.3 is 6.03 Å². The molecule has 2 N–H and O–H groups in total. The summed E-state index contributed by atoms with van der Waals surface area (Å²) in [4.78, 5) is 34.1. The number of benzene rings is 1. The van der Waals surface area contributed by atoms with Crippen molar-refractivity contribution in [2.45, 2.75) is 13.5 Å². The third-order valence-corrected chi connectivity index (χ3v) is 5.21. The maximum absolute atomic E-state index is 15.0. The fourth-order valence-electron chi connectivity index (χ4n) is 3.30. The van der Waals surface area contributed by atoms with E-state index in [-0.39, 0.29) is 11.6 Å². The highest BCUT2D eigenvalue weighted by atomic mass is 19.1. The predicted octanol–water partition coefficient (Wildman–Crippen LogP) is 2.38. The Kier molecular flexibility index (Phi) is 7.54. The number of nitrogens with zero attached hydrogens (tertiary/aromatic N) is 4. The highest BCUT2D eigenvalue weighted by molar-refractivity contribution is 5.99. The zero-order valence-electron chi connectivity index (χ0n) is 18.2. The van der Waals surface area contributed by atoms with E-state index in [4.69, 9.17) is 0 Å². The number of amides is 3. The summed E-state index contributed by atoms with van der Waals surface area (Å²) in [5.74, 6) is -0.358. The molecule has 1 aliphatic heterocycles. The highest BCUT2D eigenvalue weighted by Gasteiger charge is 2.21. The van der Waals surface area contributed by atoms with Crippen molar-refractivity contribution in [3.8, 4) is 0 Å². The van der Waals surface area contributed by atoms with E-state index in [1.807, 2.05) is 6.92 Å². The van der Waals surface area contributed by atoms with E-state index in [1.165, 1.54) is 6.07 Å². The Morgan fingerprint density at radius 2 is 1.77 bits per heavy atom. The summed E-state index contributed by atoms with van der Waals surface area (Å²) in [5.41, 5.74) is 2.03. The third-order valence-electron chi connectivity index (χ3n) is 5.21. The van der Waals surface area contributed by atoms with Crippen LogP contribution in [0.4, 0.5) is 20.6 Å². The topological polar surface area (TPSA) is 80.8 Å². The fraction of sp³-hybridized carbons (Fsp3) is 0.409. The van der Waals surface area contributed by atoms with Gasteiger partial charge in [0.25, 0.3) is 0 Å². The summed E-state index contributed by atoms with van der Waals surface area (Å²) in [5, 5.41) is 5.22. The number of pyridine rings is 1. The van der Waals surface area contributed by atoms with Gasteiger partial charge in [0.2, 0.25) is 5.91 Å². The largest absolute Gasteiger partial charge is 0.348 e. The summed E-state index contributed by atoms with van der Waals surface area (Å²) < 4.78 is 15.0. The highest BCUT2D eigenvalue weighted by Crippen LogP contribution is 2.20. The van der Waals surface area contributed by atoms with Gasteiger partial charge in [0, 0.05) is 58.1 Å². The molecule has 2 aromatic rings. The first-order valence-electron chi connectivity index (χ1n) is 10.2. The van der Waals surface area contributed by atoms with Crippen LogP contribution in [-0.2, 0) is 11.3 Å². The van der Waals surface area contributed by atoms with Crippen LogP contribution in [0.2, 0.25) is 0 Å². The Morgan fingerprint density at radius 1 is 1.06 bits per heavy atom. The van der Waals surface area contributed by atoms with Gasteiger partial charge in [-0.3, -0.25) is 19.6 Å². The number of aryl methyl sites for hydroxylation is 1. The first-order valence-corrected chi connectivity index (χ1v) is 10.2. The molecule has 1 aromatic heterocycles. The van der Waals surface area contributed by atoms with Crippen LogP contribution in [0.15, 0.2) is 36.5 Å². The van der Waals surface area contributed by atoms with Gasteiger partial charge in [-0.25, -0.2) is 9.18 Å². The molecule has 0 aliphatic carbocycles. The molecular weight excluding hydrogens is 399 g/mol. The molecule has 3 rings (SSSR count). The number of anilines is 2. The summed E-state index contributed by atoms with van der Waals surface area (Å²) in [6.45, 7) is 5.71. The van der Waals surface area contributed by atoms with Gasteiger partial charge < -0.3 is 15.5 Å². The number of rotatable bonds is 6. The van der Waals surface area contributed by atoms with E-state index in [0.717, 1.165) is 31.9 Å². The summed E-state index contributed by atoms with van der Waals surface area (Å²) >= 11 is 0. The second kappa shape index (κ2) is 10.3. The molecule has 8 nitrogen and oxygen atoms in total. The standard InChI is InChI=1S/C22H29FN6O2/c1-16-7-8-18(13-24-16)25-22(31)26-19-6-4-5-17(21(19)23)14-28-9-11-29(12-10-28)15-20(30)27(2)3/h4-8,13H,9-12,14-15H2,1-3H3,(H2,25,26,31). The van der Waals surface area contributed by atoms with Crippen molar-refractivity contribution in [3.05, 3.63) is 53.6 Å². The van der Waals surface area contributed by atoms with Gasteiger partial charge in [-0.15, -0.1) is 0 Å². The lowest BCUT2D eigenvalue weighted by atomic mass is 10.1. The average molecular weight is 429 g/mol. The van der Waals surface area contributed by atoms with Crippen molar-refractivity contribution in [3.63, 3.8) is 0 Å². The van der Waals surface area contributed by atoms with Crippen LogP contribution in [0, 0.1) is 12.7 Å². The molecule has 166 valence electrons. The second-order valence-corrected chi connectivity index (χ2v) is 7.89. The Balaban J connectivity index is 1.54. The molecule has 0 atom stereocenters. The van der Waals surface area contributed by atoms with Crippen molar-refractivity contribution >= 4 is 23.3 Å². The average Bonchev–Trinajstić information content (AvgIpc) is 2.74. The van der Waals surface area contributed by atoms with Crippen LogP contribution < -0.4 is 10.6 Å². The fourth-order valence-corrected chi connectivity index (χ4v) is 3.30. The molecule has 31 heavy (non-hydrogen) atoms. The Hall–Kier alpha value is -3.04. The minimum atomic E-state index is -0.527. The molecule has 1 saturated heterocycles. The molecule has 3 amide bonds. The molecule has 1 aromatic carbocycles. The number of aromatic nitrogens is 1. The van der Waals surface area contributed by atoms with Gasteiger partial charge in [-0.1, -0.05) is 12.1 Å². The smallest absolute Gasteiger partial charge is 0.323 e. The minimum absolute atomic E-state index is 0.0814. The van der Waals surface area contributed by atoms with E-state index in [2.05, 4.69) is 25.4 Å². The molecule has 1 fully saturated rings. The number of piperazine rings is 1. The van der Waals surface area contributed by atoms with Crippen molar-refractivity contribution < 1.29 is 14.0 Å². The quantitative estimate of drug-likeness (QED) is 0.739. The SMILES string of the molecule is Cc1ccc(NC(=O)Nc2cccc(CN3CCN(CC(=O)N(C)C)CC3)c2F)cn1. The normalized spacial score (nSPS) is 14.8. The second-order valence-electron chi connectivity index (χ2n) is 7.89. The molecule has 0 spiro atoms. The number of carbonyl (C=O) groups is 2. The Morgan fingerprint density at radius 3 is 2.42 bits per heavy atom. The van der Waals surface area contributed by atoms with Crippen LogP contribution in [0.25, 0.3) is 0 Å². The van der Waals surface area contributed by atoms with Gasteiger partial charge in [0.15, 0.2) is 5.82 Å². The first-order chi connectivity index (χ1) is 14.8. The van der Waals surface area contributed by atoms with Crippen molar-refractivity contribution in [1.82, 2.24) is 19.7 Å². The van der Waals surface area contributed by atoms with Crippen molar-refractivity contribution in [2.75, 3.05) is 57.5 Å². The lowest BCUT2D eigenvalue weighted by Crippen LogP contribution is -2.49. The number of hydrogen-bond acceptors (Lipinski definition) is 5. The summed E-state index contributed by atoms with van der Waals surface area (Å²) in [6, 6.07) is 7.99. The molecule has 0 unspecified atom stereocenters. The molecule has 9 heteroatoms. The van der Waals surface area contributed by atoms with E-state index >= 15 is 0 Å². The molecule has 0 bridgehead atoms. The van der Waals surface area contributed by atoms with Gasteiger partial charge in [0.05, 0.1) is 24.1 Å². The van der Waals surface area contributed by atoms with Crippen molar-refractivity contribution in [2.24, 2.45) is 0 Å². The molecule has 2 heterocycles. The predicted molar refractivity (Wildman–Crippen MR) is 118 cm³/mol. The van der Waals surface area contributed by atoms with Gasteiger partial charge in [-0.2, -0.15) is 0 Å². The Bertz CT molecular complexity index is 911. The first kappa shape index (κ1) is 22.6. The van der Waals surface area contributed by atoms with Crippen LogP contribution in [0.1, 0.15) is 11.3 Å². The molecule has 0 saturated carbocycles. The monoisotopic (exact) mass is 428 g/mol. The van der Waals surface area contributed by atoms with E-state index in [0.29, 0.717) is 24.3 Å². The maximum atomic E-state index is 15.0. The molecule has 1 aliphatic rings. The summed E-state index contributed by atoms with van der Waals surface area (Å²) in [7, 11) is 3.50. The number of carbonyl (C=O) groups excluding carboxylic acids is 2. The van der Waals surface area contributed by atoms with Gasteiger partial charge in [0.1, 0.15) is 0 Å². The van der Waals surface area contributed by atoms with E-state index < -0.39 is 11.8 Å². The zero-order chi connectivity index (χ0) is 22.4. The van der Waals surface area contributed by atoms with E-state index in [9.17, 15) is 14.0 Å². The maximum Gasteiger partial charge on any atom is 0.323 e. The number of likely N-dealkylation sites (N-methyl/N-ethyl adjacent to an activating group) is 1. The third kappa shape index (κ3) is 6.47. The lowest BCUT2D eigenvalue weighted by Gasteiger charge is -2.34. The van der Waals surface area contributed by atoms with Crippen LogP contribution in [-0.4, -0.2) is 78.4 Å². The summed E-state index contributed by atoms with van der Waals surface area (Å²) in [6.07, 6.45) is 1.55. The number of nitrogens with one attached hydrogen (secondary N) is 2. The lowest BCUT2D eigenvalue weighted by molar-refractivity contribution is -0.130. The van der Waals surface area contributed by atoms with Crippen LogP contribution in [0.3, 0.4) is 0 Å². The number of urea groups is 1.